The number of aromatic nitrogens is 1. The molecule has 4 aromatic carbocycles. The van der Waals surface area contributed by atoms with Crippen molar-refractivity contribution in [1.29, 1.82) is 0 Å². The Bertz CT molecular complexity index is 1510. The van der Waals surface area contributed by atoms with Gasteiger partial charge in [-0.05, 0) is 48.4 Å². The third kappa shape index (κ3) is 5.12. The third-order valence-electron chi connectivity index (χ3n) is 5.63. The molecule has 4 heteroatoms. The van der Waals surface area contributed by atoms with Gasteiger partial charge in [0.1, 0.15) is 0 Å². The number of hydrogen-bond donors (Lipinski definition) is 0. The number of aryl methyl sites for hydroxylation is 1. The molecule has 35 heavy (non-hydrogen) atoms. The molecule has 5 aromatic rings. The molecule has 0 aliphatic carbocycles. The first-order chi connectivity index (χ1) is 17.2. The molecule has 0 atom stereocenters. The molecule has 1 aromatic heterocycles. The molecule has 0 saturated heterocycles. The van der Waals surface area contributed by atoms with Crippen LogP contribution >= 0.6 is 0 Å². The van der Waals surface area contributed by atoms with Crippen molar-refractivity contribution in [2.75, 3.05) is 0 Å². The molecule has 0 aliphatic heterocycles. The Morgan fingerprint density at radius 1 is 0.657 bits per heavy atom. The first-order valence-electron chi connectivity index (χ1n) is 11.4. The predicted molar refractivity (Wildman–Crippen MR) is 142 cm³/mol. The average molecular weight is 457 g/mol. The highest BCUT2D eigenvalue weighted by Crippen LogP contribution is 2.25. The van der Waals surface area contributed by atoms with Crippen LogP contribution in [-0.2, 0) is 0 Å². The number of rotatable bonds is 5. The van der Waals surface area contributed by atoms with Gasteiger partial charge in [-0.2, -0.15) is 0 Å². The van der Waals surface area contributed by atoms with Crippen LogP contribution in [0.2, 0.25) is 0 Å². The van der Waals surface area contributed by atoms with E-state index in [0.29, 0.717) is 11.6 Å². The van der Waals surface area contributed by atoms with Gasteiger partial charge in [-0.25, -0.2) is 4.99 Å². The molecule has 0 spiro atoms. The van der Waals surface area contributed by atoms with Crippen LogP contribution < -0.4 is 10.4 Å². The van der Waals surface area contributed by atoms with E-state index in [9.17, 15) is 4.79 Å². The van der Waals surface area contributed by atoms with Gasteiger partial charge in [0, 0.05) is 17.2 Å². The molecule has 0 saturated carbocycles. The lowest BCUT2D eigenvalue weighted by molar-refractivity contribution is 0.256. The standard InChI is InChI=1S/C31H24N2O2/c1-23-17-19-28(20-18-23)32-31(26-15-9-4-10-16-26)35-33-29(25-13-7-3-8-14-25)21-27(22-30(33)34)24-11-5-2-6-12-24/h2-22H,1H3. The van der Waals surface area contributed by atoms with E-state index in [1.54, 1.807) is 6.07 Å². The molecule has 0 aliphatic rings. The van der Waals surface area contributed by atoms with Crippen molar-refractivity contribution in [3.8, 4) is 22.4 Å². The fourth-order valence-electron chi connectivity index (χ4n) is 3.80. The summed E-state index contributed by atoms with van der Waals surface area (Å²) < 4.78 is 1.32. The van der Waals surface area contributed by atoms with Gasteiger partial charge in [0.25, 0.3) is 11.5 Å². The first kappa shape index (κ1) is 22.1. The number of pyridine rings is 1. The van der Waals surface area contributed by atoms with Crippen molar-refractivity contribution in [3.05, 3.63) is 149 Å². The maximum atomic E-state index is 13.5. The second-order valence-electron chi connectivity index (χ2n) is 8.20. The van der Waals surface area contributed by atoms with E-state index in [0.717, 1.165) is 33.5 Å². The Labute approximate surface area is 204 Å². The van der Waals surface area contributed by atoms with Gasteiger partial charge in [-0.1, -0.05) is 96.6 Å². The highest BCUT2D eigenvalue weighted by atomic mass is 16.7. The van der Waals surface area contributed by atoms with Crippen LogP contribution in [-0.4, -0.2) is 10.6 Å². The Hall–Kier alpha value is -4.70. The summed E-state index contributed by atoms with van der Waals surface area (Å²) in [6, 6.07) is 40.6. The minimum absolute atomic E-state index is 0.280. The van der Waals surface area contributed by atoms with E-state index in [-0.39, 0.29) is 5.56 Å². The lowest BCUT2D eigenvalue weighted by Crippen LogP contribution is -2.32. The average Bonchev–Trinajstić information content (AvgIpc) is 2.92. The summed E-state index contributed by atoms with van der Waals surface area (Å²) in [6.45, 7) is 2.03. The van der Waals surface area contributed by atoms with Crippen molar-refractivity contribution in [1.82, 2.24) is 4.73 Å². The Morgan fingerprint density at radius 3 is 1.86 bits per heavy atom. The topological polar surface area (TPSA) is 43.6 Å². The minimum Gasteiger partial charge on any atom is -0.350 e. The lowest BCUT2D eigenvalue weighted by atomic mass is 10.0. The zero-order valence-electron chi connectivity index (χ0n) is 19.3. The summed E-state index contributed by atoms with van der Waals surface area (Å²) >= 11 is 0. The maximum Gasteiger partial charge on any atom is 0.284 e. The number of nitrogens with zero attached hydrogens (tertiary/aromatic N) is 2. The molecule has 0 bridgehead atoms. The molecule has 4 nitrogen and oxygen atoms in total. The quantitative estimate of drug-likeness (QED) is 0.218. The van der Waals surface area contributed by atoms with Crippen LogP contribution in [0.3, 0.4) is 0 Å². The van der Waals surface area contributed by atoms with Crippen LogP contribution in [0.5, 0.6) is 0 Å². The van der Waals surface area contributed by atoms with Crippen molar-refractivity contribution < 1.29 is 4.84 Å². The summed E-state index contributed by atoms with van der Waals surface area (Å²) in [5.74, 6) is 0.334. The summed E-state index contributed by atoms with van der Waals surface area (Å²) in [5.41, 5.74) is 5.67. The van der Waals surface area contributed by atoms with E-state index in [2.05, 4.69) is 0 Å². The number of aliphatic imine (C=N–C) groups is 1. The molecular formula is C31H24N2O2. The monoisotopic (exact) mass is 456 g/mol. The van der Waals surface area contributed by atoms with Crippen molar-refractivity contribution in [2.24, 2.45) is 4.99 Å². The summed E-state index contributed by atoms with van der Waals surface area (Å²) in [5, 5.41) is 0. The highest BCUT2D eigenvalue weighted by molar-refractivity contribution is 5.96. The Morgan fingerprint density at radius 2 is 1.23 bits per heavy atom. The fraction of sp³-hybridized carbons (Fsp3) is 0.0323. The molecule has 5 rings (SSSR count). The third-order valence-corrected chi connectivity index (χ3v) is 5.63. The van der Waals surface area contributed by atoms with E-state index in [1.807, 2.05) is 128 Å². The SMILES string of the molecule is Cc1ccc(N=C(On2c(-c3ccccc3)cc(-c3ccccc3)cc2=O)c2ccccc2)cc1. The fourth-order valence-corrected chi connectivity index (χ4v) is 3.80. The van der Waals surface area contributed by atoms with Crippen LogP contribution in [0.15, 0.2) is 137 Å². The number of benzene rings is 4. The first-order valence-corrected chi connectivity index (χ1v) is 11.4. The van der Waals surface area contributed by atoms with Crippen LogP contribution in [0.25, 0.3) is 22.4 Å². The largest absolute Gasteiger partial charge is 0.350 e. The molecule has 0 amide bonds. The van der Waals surface area contributed by atoms with E-state index in [4.69, 9.17) is 9.83 Å². The van der Waals surface area contributed by atoms with Gasteiger partial charge in [0.15, 0.2) is 0 Å². The van der Waals surface area contributed by atoms with Gasteiger partial charge in [0.05, 0.1) is 11.4 Å². The lowest BCUT2D eigenvalue weighted by Gasteiger charge is -2.16. The van der Waals surface area contributed by atoms with Crippen LogP contribution in [0, 0.1) is 6.92 Å². The zero-order valence-corrected chi connectivity index (χ0v) is 19.3. The normalized spacial score (nSPS) is 11.3. The summed E-state index contributed by atoms with van der Waals surface area (Å²) in [7, 11) is 0. The van der Waals surface area contributed by atoms with Crippen molar-refractivity contribution in [2.45, 2.75) is 6.92 Å². The molecule has 0 radical (unpaired) electrons. The van der Waals surface area contributed by atoms with E-state index in [1.165, 1.54) is 4.73 Å². The Balaban J connectivity index is 1.67. The van der Waals surface area contributed by atoms with Crippen molar-refractivity contribution in [3.63, 3.8) is 0 Å². The molecule has 0 fully saturated rings. The molecule has 170 valence electrons. The second-order valence-corrected chi connectivity index (χ2v) is 8.20. The van der Waals surface area contributed by atoms with E-state index < -0.39 is 0 Å². The van der Waals surface area contributed by atoms with Crippen molar-refractivity contribution >= 4 is 11.6 Å². The summed E-state index contributed by atoms with van der Waals surface area (Å²) in [6.07, 6.45) is 0. The molecule has 0 unspecified atom stereocenters. The molecule has 0 N–H and O–H groups in total. The zero-order chi connectivity index (χ0) is 24.0. The molecular weight excluding hydrogens is 432 g/mol. The summed E-state index contributed by atoms with van der Waals surface area (Å²) in [4.78, 5) is 24.5. The Kier molecular flexibility index (Phi) is 6.35. The van der Waals surface area contributed by atoms with Gasteiger partial charge >= 0.3 is 0 Å². The van der Waals surface area contributed by atoms with Gasteiger partial charge < -0.3 is 4.84 Å². The van der Waals surface area contributed by atoms with E-state index >= 15 is 0 Å². The van der Waals surface area contributed by atoms with Crippen LogP contribution in [0.1, 0.15) is 11.1 Å². The highest BCUT2D eigenvalue weighted by Gasteiger charge is 2.15. The van der Waals surface area contributed by atoms with Gasteiger partial charge in [-0.15, -0.1) is 4.73 Å². The second kappa shape index (κ2) is 10.1. The smallest absolute Gasteiger partial charge is 0.284 e. The van der Waals surface area contributed by atoms with Gasteiger partial charge in [0.2, 0.25) is 0 Å². The predicted octanol–water partition coefficient (Wildman–Crippen LogP) is 6.70. The molecule has 1 heterocycles. The maximum absolute atomic E-state index is 13.5. The minimum atomic E-state index is -0.280. The van der Waals surface area contributed by atoms with Gasteiger partial charge in [-0.3, -0.25) is 4.79 Å². The number of hydrogen-bond acceptors (Lipinski definition) is 3. The van der Waals surface area contributed by atoms with Crippen LogP contribution in [0.4, 0.5) is 5.69 Å².